The molecule has 142 valence electrons. The van der Waals surface area contributed by atoms with E-state index in [1.54, 1.807) is 30.3 Å². The van der Waals surface area contributed by atoms with Crippen LogP contribution < -0.4 is 19.6 Å². The molecule has 0 saturated heterocycles. The number of ether oxygens (including phenoxy) is 3. The number of nitrogens with one attached hydrogen (secondary N) is 1. The molecule has 1 amide bonds. The highest BCUT2D eigenvalue weighted by Gasteiger charge is 2.13. The van der Waals surface area contributed by atoms with Crippen LogP contribution in [0.3, 0.4) is 0 Å². The Hall–Kier alpha value is -3.26. The molecule has 0 aliphatic heterocycles. The largest absolute Gasteiger partial charge is 0.497 e. The number of benzene rings is 2. The average molecular weight is 393 g/mol. The smallest absolute Gasteiger partial charge is 0.341 e. The molecule has 2 rings (SSSR count). The standard InChI is InChI=1S/C18H17ClN2O6/c1-25-13-5-3-4-12(8-13)18(24)21-20-9-11-6-14(19)17(15(7-11)26-2)27-10-16(22)23/h3-9H,10H2,1-2H3,(H,21,24)(H,22,23)/b20-9-. The SMILES string of the molecule is COc1cccc(C(=O)N/N=C\c2cc(Cl)c(OCC(=O)O)c(OC)c2)c1. The van der Waals surface area contributed by atoms with Gasteiger partial charge in [-0.3, -0.25) is 4.79 Å². The van der Waals surface area contributed by atoms with E-state index in [4.69, 9.17) is 30.9 Å². The first-order valence-corrected chi connectivity index (χ1v) is 8.02. The van der Waals surface area contributed by atoms with Gasteiger partial charge in [0.2, 0.25) is 0 Å². The summed E-state index contributed by atoms with van der Waals surface area (Å²) >= 11 is 6.11. The van der Waals surface area contributed by atoms with Crippen LogP contribution in [0.15, 0.2) is 41.5 Å². The minimum Gasteiger partial charge on any atom is -0.497 e. The van der Waals surface area contributed by atoms with Gasteiger partial charge in [0.15, 0.2) is 18.1 Å². The van der Waals surface area contributed by atoms with Crippen molar-refractivity contribution in [3.63, 3.8) is 0 Å². The monoisotopic (exact) mass is 392 g/mol. The van der Waals surface area contributed by atoms with Crippen molar-refractivity contribution < 1.29 is 28.9 Å². The molecule has 0 radical (unpaired) electrons. The van der Waals surface area contributed by atoms with E-state index in [2.05, 4.69) is 10.5 Å². The summed E-state index contributed by atoms with van der Waals surface area (Å²) in [5.41, 5.74) is 3.30. The van der Waals surface area contributed by atoms with Crippen LogP contribution in [0.4, 0.5) is 0 Å². The molecule has 0 aromatic heterocycles. The molecule has 0 bridgehead atoms. The lowest BCUT2D eigenvalue weighted by atomic mass is 10.2. The van der Waals surface area contributed by atoms with Crippen molar-refractivity contribution in [3.05, 3.63) is 52.5 Å². The first kappa shape index (κ1) is 20.1. The molecule has 2 aromatic carbocycles. The molecular weight excluding hydrogens is 376 g/mol. The summed E-state index contributed by atoms with van der Waals surface area (Å²) in [6, 6.07) is 9.67. The molecule has 0 saturated carbocycles. The number of carboxylic acid groups (broad SMARTS) is 1. The van der Waals surface area contributed by atoms with E-state index in [-0.39, 0.29) is 16.5 Å². The van der Waals surface area contributed by atoms with Gasteiger partial charge in [0, 0.05) is 5.56 Å². The predicted octanol–water partition coefficient (Wildman–Crippen LogP) is 2.58. The van der Waals surface area contributed by atoms with Gasteiger partial charge in [0.05, 0.1) is 25.5 Å². The Morgan fingerprint density at radius 3 is 2.67 bits per heavy atom. The molecule has 27 heavy (non-hydrogen) atoms. The zero-order chi connectivity index (χ0) is 19.8. The first-order chi connectivity index (χ1) is 12.9. The summed E-state index contributed by atoms with van der Waals surface area (Å²) < 4.78 is 15.3. The van der Waals surface area contributed by atoms with E-state index in [1.807, 2.05) is 0 Å². The lowest BCUT2D eigenvalue weighted by molar-refractivity contribution is -0.139. The first-order valence-electron chi connectivity index (χ1n) is 7.64. The van der Waals surface area contributed by atoms with Crippen molar-refractivity contribution in [2.75, 3.05) is 20.8 Å². The molecule has 0 fully saturated rings. The molecule has 0 atom stereocenters. The molecule has 2 N–H and O–H groups in total. The van der Waals surface area contributed by atoms with Gasteiger partial charge in [0.25, 0.3) is 5.91 Å². The number of carboxylic acids is 1. The minimum atomic E-state index is -1.14. The Morgan fingerprint density at radius 1 is 1.22 bits per heavy atom. The normalized spacial score (nSPS) is 10.5. The topological polar surface area (TPSA) is 106 Å². The van der Waals surface area contributed by atoms with E-state index < -0.39 is 18.5 Å². The molecule has 0 aliphatic carbocycles. The fraction of sp³-hybridized carbons (Fsp3) is 0.167. The van der Waals surface area contributed by atoms with Gasteiger partial charge in [-0.15, -0.1) is 0 Å². The molecule has 0 spiro atoms. The maximum absolute atomic E-state index is 12.1. The maximum atomic E-state index is 12.1. The molecular formula is C18H17ClN2O6. The van der Waals surface area contributed by atoms with E-state index in [0.29, 0.717) is 16.9 Å². The highest BCUT2D eigenvalue weighted by molar-refractivity contribution is 6.32. The minimum absolute atomic E-state index is 0.110. The Bertz CT molecular complexity index is 869. The van der Waals surface area contributed by atoms with Crippen LogP contribution in [0.25, 0.3) is 0 Å². The zero-order valence-corrected chi connectivity index (χ0v) is 15.3. The van der Waals surface area contributed by atoms with Crippen LogP contribution in [0.1, 0.15) is 15.9 Å². The highest BCUT2D eigenvalue weighted by atomic mass is 35.5. The lowest BCUT2D eigenvalue weighted by Gasteiger charge is -2.11. The van der Waals surface area contributed by atoms with Gasteiger partial charge in [-0.1, -0.05) is 17.7 Å². The molecule has 0 aliphatic rings. The Kier molecular flexibility index (Phi) is 7.01. The number of hydrogen-bond donors (Lipinski definition) is 2. The van der Waals surface area contributed by atoms with Crippen LogP contribution in [0, 0.1) is 0 Å². The number of halogens is 1. The summed E-state index contributed by atoms with van der Waals surface area (Å²) in [4.78, 5) is 22.7. The number of hydrogen-bond acceptors (Lipinski definition) is 6. The maximum Gasteiger partial charge on any atom is 0.341 e. The van der Waals surface area contributed by atoms with E-state index >= 15 is 0 Å². The number of nitrogens with zero attached hydrogens (tertiary/aromatic N) is 1. The molecule has 8 nitrogen and oxygen atoms in total. The summed E-state index contributed by atoms with van der Waals surface area (Å²) in [5, 5.41) is 12.7. The summed E-state index contributed by atoms with van der Waals surface area (Å²) in [7, 11) is 2.90. The van der Waals surface area contributed by atoms with Crippen LogP contribution in [0.2, 0.25) is 5.02 Å². The van der Waals surface area contributed by atoms with Crippen LogP contribution in [-0.2, 0) is 4.79 Å². The number of methoxy groups -OCH3 is 2. The van der Waals surface area contributed by atoms with Gasteiger partial charge in [-0.05, 0) is 35.9 Å². The second-order valence-electron chi connectivity index (χ2n) is 5.15. The van der Waals surface area contributed by atoms with E-state index in [9.17, 15) is 9.59 Å². The van der Waals surface area contributed by atoms with Gasteiger partial charge in [-0.25, -0.2) is 10.2 Å². The second kappa shape index (κ2) is 9.44. The Labute approximate surface area is 160 Å². The number of carbonyl (C=O) groups is 2. The predicted molar refractivity (Wildman–Crippen MR) is 99.2 cm³/mol. The number of carbonyl (C=O) groups excluding carboxylic acids is 1. The van der Waals surface area contributed by atoms with Gasteiger partial charge in [0.1, 0.15) is 5.75 Å². The summed E-state index contributed by atoms with van der Waals surface area (Å²) in [6.07, 6.45) is 1.37. The quantitative estimate of drug-likeness (QED) is 0.528. The van der Waals surface area contributed by atoms with Crippen molar-refractivity contribution in [1.82, 2.24) is 5.43 Å². The van der Waals surface area contributed by atoms with E-state index in [0.717, 1.165) is 0 Å². The second-order valence-corrected chi connectivity index (χ2v) is 5.55. The molecule has 0 unspecified atom stereocenters. The average Bonchev–Trinajstić information content (AvgIpc) is 2.66. The fourth-order valence-electron chi connectivity index (χ4n) is 2.08. The lowest BCUT2D eigenvalue weighted by Crippen LogP contribution is -2.17. The molecule has 2 aromatic rings. The Morgan fingerprint density at radius 2 is 2.00 bits per heavy atom. The van der Waals surface area contributed by atoms with Crippen molar-refractivity contribution >= 4 is 29.7 Å². The highest BCUT2D eigenvalue weighted by Crippen LogP contribution is 2.36. The Balaban J connectivity index is 2.10. The summed E-state index contributed by atoms with van der Waals surface area (Å²) in [6.45, 7) is -0.555. The number of aliphatic carboxylic acids is 1. The van der Waals surface area contributed by atoms with Crippen LogP contribution in [-0.4, -0.2) is 44.0 Å². The third-order valence-corrected chi connectivity index (χ3v) is 3.58. The fourth-order valence-corrected chi connectivity index (χ4v) is 2.36. The van der Waals surface area contributed by atoms with Crippen molar-refractivity contribution in [1.29, 1.82) is 0 Å². The van der Waals surface area contributed by atoms with Gasteiger partial charge < -0.3 is 19.3 Å². The van der Waals surface area contributed by atoms with Crippen molar-refractivity contribution in [2.45, 2.75) is 0 Å². The van der Waals surface area contributed by atoms with Gasteiger partial charge in [-0.2, -0.15) is 5.10 Å². The van der Waals surface area contributed by atoms with Crippen molar-refractivity contribution in [2.24, 2.45) is 5.10 Å². The third-order valence-electron chi connectivity index (χ3n) is 3.30. The van der Waals surface area contributed by atoms with Crippen molar-refractivity contribution in [3.8, 4) is 17.2 Å². The number of amides is 1. The number of hydrazone groups is 1. The van der Waals surface area contributed by atoms with Crippen LogP contribution >= 0.6 is 11.6 Å². The van der Waals surface area contributed by atoms with Gasteiger partial charge >= 0.3 is 5.97 Å². The van der Waals surface area contributed by atoms with E-state index in [1.165, 1.54) is 26.5 Å². The zero-order valence-electron chi connectivity index (χ0n) is 14.6. The summed E-state index contributed by atoms with van der Waals surface area (Å²) in [5.74, 6) is -0.646. The molecule has 9 heteroatoms. The third kappa shape index (κ3) is 5.61. The number of rotatable bonds is 8. The van der Waals surface area contributed by atoms with Crippen LogP contribution in [0.5, 0.6) is 17.2 Å². The molecule has 0 heterocycles.